The minimum Gasteiger partial charge on any atom is -0.497 e. The Hall–Kier alpha value is -2.11. The molecule has 6 heteroatoms. The number of rotatable bonds is 2. The normalized spacial score (nSPS) is 20.0. The molecule has 3 aliphatic rings. The topological polar surface area (TPSA) is 37.0 Å². The van der Waals surface area contributed by atoms with Crippen LogP contribution in [0.1, 0.15) is 5.56 Å². The molecule has 3 aliphatic heterocycles. The molecule has 24 heavy (non-hydrogen) atoms. The summed E-state index contributed by atoms with van der Waals surface area (Å²) >= 11 is 6.42. The molecule has 4 rings (SSSR count). The molecule has 0 spiro atoms. The number of fused-ring (bicyclic) bond motifs is 2. The van der Waals surface area contributed by atoms with Crippen LogP contribution in [0.5, 0.6) is 11.5 Å². The first-order chi connectivity index (χ1) is 11.8. The molecule has 1 fully saturated rings. The Balaban J connectivity index is 1.79. The molecule has 0 aromatic heterocycles. The third kappa shape index (κ3) is 2.74. The molecule has 0 aliphatic carbocycles. The van der Waals surface area contributed by atoms with Gasteiger partial charge in [-0.2, -0.15) is 5.06 Å². The van der Waals surface area contributed by atoms with Crippen molar-refractivity contribution in [2.45, 2.75) is 6.42 Å². The van der Waals surface area contributed by atoms with Crippen LogP contribution in [0.4, 0.5) is 0 Å². The Morgan fingerprint density at radius 3 is 2.88 bits per heavy atom. The highest BCUT2D eigenvalue weighted by Crippen LogP contribution is 2.37. The lowest BCUT2D eigenvalue weighted by atomic mass is 10.0. The van der Waals surface area contributed by atoms with Gasteiger partial charge in [0.25, 0.3) is 0 Å². The van der Waals surface area contributed by atoms with Crippen LogP contribution in [-0.2, 0) is 6.42 Å². The Morgan fingerprint density at radius 1 is 1.25 bits per heavy atom. The number of hydroxylamine groups is 2. The monoisotopic (exact) mass is 345 g/mol. The van der Waals surface area contributed by atoms with Gasteiger partial charge in [-0.3, -0.25) is 0 Å². The standard InChI is InChI=1S/C18H20ClN3O2/c1-23-14-6-5-13-11-16(21-9-7-20-8-10-21)15-3-2-4-18(19)22(15)24-17(13)12-14/h2-6,12,20H,7-11H2,1H3. The van der Waals surface area contributed by atoms with Crippen LogP contribution in [0.25, 0.3) is 0 Å². The number of ether oxygens (including phenoxy) is 1. The highest BCUT2D eigenvalue weighted by molar-refractivity contribution is 6.29. The minimum atomic E-state index is 0.552. The van der Waals surface area contributed by atoms with Gasteiger partial charge in [0.15, 0.2) is 5.75 Å². The smallest absolute Gasteiger partial charge is 0.163 e. The Labute approximate surface area is 146 Å². The van der Waals surface area contributed by atoms with E-state index in [4.69, 9.17) is 21.2 Å². The van der Waals surface area contributed by atoms with Crippen molar-refractivity contribution >= 4 is 11.6 Å². The second-order valence-electron chi connectivity index (χ2n) is 5.95. The zero-order valence-electron chi connectivity index (χ0n) is 13.6. The van der Waals surface area contributed by atoms with E-state index in [2.05, 4.69) is 22.4 Å². The number of nitrogens with zero attached hydrogens (tertiary/aromatic N) is 2. The summed E-state index contributed by atoms with van der Waals surface area (Å²) in [4.78, 5) is 8.56. The van der Waals surface area contributed by atoms with Gasteiger partial charge in [-0.1, -0.05) is 23.7 Å². The predicted molar refractivity (Wildman–Crippen MR) is 93.7 cm³/mol. The number of methoxy groups -OCH3 is 1. The average Bonchev–Trinajstić information content (AvgIpc) is 2.79. The van der Waals surface area contributed by atoms with Crippen LogP contribution in [-0.4, -0.2) is 43.3 Å². The molecule has 126 valence electrons. The van der Waals surface area contributed by atoms with Gasteiger partial charge in [0.1, 0.15) is 16.6 Å². The molecular weight excluding hydrogens is 326 g/mol. The molecule has 1 aromatic carbocycles. The highest BCUT2D eigenvalue weighted by Gasteiger charge is 2.29. The van der Waals surface area contributed by atoms with E-state index in [1.54, 1.807) is 12.2 Å². The van der Waals surface area contributed by atoms with E-state index in [9.17, 15) is 0 Å². The van der Waals surface area contributed by atoms with Crippen molar-refractivity contribution in [3.63, 3.8) is 0 Å². The molecule has 0 saturated carbocycles. The average molecular weight is 346 g/mol. The number of hydrogen-bond acceptors (Lipinski definition) is 5. The van der Waals surface area contributed by atoms with Crippen LogP contribution in [0.3, 0.4) is 0 Å². The molecule has 0 unspecified atom stereocenters. The second-order valence-corrected chi connectivity index (χ2v) is 6.34. The van der Waals surface area contributed by atoms with Crippen molar-refractivity contribution in [1.82, 2.24) is 15.3 Å². The molecule has 0 bridgehead atoms. The molecule has 5 nitrogen and oxygen atoms in total. The maximum Gasteiger partial charge on any atom is 0.163 e. The molecule has 0 amide bonds. The number of benzene rings is 1. The number of halogens is 1. The molecular formula is C18H20ClN3O2. The van der Waals surface area contributed by atoms with Crippen molar-refractivity contribution in [3.05, 3.63) is 58.5 Å². The third-order valence-corrected chi connectivity index (χ3v) is 4.80. The van der Waals surface area contributed by atoms with Crippen LogP contribution < -0.4 is 14.9 Å². The number of allylic oxidation sites excluding steroid dienone is 4. The molecule has 0 radical (unpaired) electrons. The summed E-state index contributed by atoms with van der Waals surface area (Å²) in [6.07, 6.45) is 6.67. The summed E-state index contributed by atoms with van der Waals surface area (Å²) in [5.74, 6) is 1.55. The predicted octanol–water partition coefficient (Wildman–Crippen LogP) is 2.61. The highest BCUT2D eigenvalue weighted by atomic mass is 35.5. The van der Waals surface area contributed by atoms with E-state index >= 15 is 0 Å². The second kappa shape index (κ2) is 6.42. The fourth-order valence-electron chi connectivity index (χ4n) is 3.25. The van der Waals surface area contributed by atoms with Crippen molar-refractivity contribution < 1.29 is 9.57 Å². The largest absolute Gasteiger partial charge is 0.497 e. The Kier molecular flexibility index (Phi) is 4.12. The van der Waals surface area contributed by atoms with E-state index in [0.717, 1.165) is 55.4 Å². The van der Waals surface area contributed by atoms with Gasteiger partial charge in [-0.15, -0.1) is 0 Å². The summed E-state index contributed by atoms with van der Waals surface area (Å²) in [6, 6.07) is 5.95. The first-order valence-corrected chi connectivity index (χ1v) is 8.52. The minimum absolute atomic E-state index is 0.552. The van der Waals surface area contributed by atoms with Crippen molar-refractivity contribution in [3.8, 4) is 11.5 Å². The number of hydrogen-bond donors (Lipinski definition) is 1. The maximum atomic E-state index is 6.42. The van der Waals surface area contributed by atoms with Gasteiger partial charge < -0.3 is 19.8 Å². The maximum absolute atomic E-state index is 6.42. The first-order valence-electron chi connectivity index (χ1n) is 8.14. The number of piperazine rings is 1. The van der Waals surface area contributed by atoms with Crippen LogP contribution >= 0.6 is 11.6 Å². The van der Waals surface area contributed by atoms with Crippen LogP contribution in [0, 0.1) is 0 Å². The van der Waals surface area contributed by atoms with E-state index in [1.165, 1.54) is 5.70 Å². The van der Waals surface area contributed by atoms with E-state index in [-0.39, 0.29) is 0 Å². The lowest BCUT2D eigenvalue weighted by Crippen LogP contribution is -2.44. The Bertz CT molecular complexity index is 736. The summed E-state index contributed by atoms with van der Waals surface area (Å²) < 4.78 is 5.33. The molecule has 1 aromatic rings. The van der Waals surface area contributed by atoms with E-state index in [0.29, 0.717) is 5.16 Å². The summed E-state index contributed by atoms with van der Waals surface area (Å²) in [5.41, 5.74) is 3.37. The first kappa shape index (κ1) is 15.4. The van der Waals surface area contributed by atoms with Crippen molar-refractivity contribution in [2.75, 3.05) is 33.3 Å². The fourth-order valence-corrected chi connectivity index (χ4v) is 3.44. The third-order valence-electron chi connectivity index (χ3n) is 4.52. The quantitative estimate of drug-likeness (QED) is 0.834. The van der Waals surface area contributed by atoms with Gasteiger partial charge >= 0.3 is 0 Å². The Morgan fingerprint density at radius 2 is 2.08 bits per heavy atom. The lowest BCUT2D eigenvalue weighted by molar-refractivity contribution is 0.0258. The fraction of sp³-hybridized carbons (Fsp3) is 0.333. The van der Waals surface area contributed by atoms with Gasteiger partial charge in [0.05, 0.1) is 7.11 Å². The molecule has 1 saturated heterocycles. The van der Waals surface area contributed by atoms with E-state index in [1.807, 2.05) is 24.3 Å². The molecule has 1 N–H and O–H groups in total. The summed E-state index contributed by atoms with van der Waals surface area (Å²) in [6.45, 7) is 3.93. The molecule has 3 heterocycles. The van der Waals surface area contributed by atoms with Gasteiger partial charge in [0, 0.05) is 49.9 Å². The molecule has 0 atom stereocenters. The van der Waals surface area contributed by atoms with E-state index < -0.39 is 0 Å². The zero-order valence-corrected chi connectivity index (χ0v) is 14.3. The van der Waals surface area contributed by atoms with Crippen molar-refractivity contribution in [2.24, 2.45) is 0 Å². The SMILES string of the molecule is COc1ccc2c(c1)ON1C(Cl)=CC=CC1=C(N1CCNCC1)C2. The van der Waals surface area contributed by atoms with Gasteiger partial charge in [-0.05, 0) is 18.2 Å². The summed E-state index contributed by atoms with van der Waals surface area (Å²) in [5, 5.41) is 5.67. The van der Waals surface area contributed by atoms with Crippen LogP contribution in [0.15, 0.2) is 53.0 Å². The zero-order chi connectivity index (χ0) is 16.5. The van der Waals surface area contributed by atoms with Crippen molar-refractivity contribution in [1.29, 1.82) is 0 Å². The van der Waals surface area contributed by atoms with Gasteiger partial charge in [-0.25, -0.2) is 0 Å². The number of nitrogens with one attached hydrogen (secondary N) is 1. The van der Waals surface area contributed by atoms with Gasteiger partial charge in [0.2, 0.25) is 0 Å². The van der Waals surface area contributed by atoms with Crippen LogP contribution in [0.2, 0.25) is 0 Å². The summed E-state index contributed by atoms with van der Waals surface area (Å²) in [7, 11) is 1.66. The lowest BCUT2D eigenvalue weighted by Gasteiger charge is -2.34.